The summed E-state index contributed by atoms with van der Waals surface area (Å²) in [6.45, 7) is 5.02. The summed E-state index contributed by atoms with van der Waals surface area (Å²) in [5, 5.41) is 8.59. The Morgan fingerprint density at radius 2 is 2.06 bits per heavy atom. The fourth-order valence-corrected chi connectivity index (χ4v) is 1.42. The van der Waals surface area contributed by atoms with Crippen LogP contribution in [0.15, 0.2) is 0 Å². The first-order valence-electron chi connectivity index (χ1n) is 5.76. The Hall–Kier alpha value is -1.12. The maximum Gasteiger partial charge on any atom is 0.254 e. The molecule has 0 heterocycles. The van der Waals surface area contributed by atoms with Crippen molar-refractivity contribution in [2.24, 2.45) is 0 Å². The SMILES string of the molecule is CCC(C)(OC)C(=O)N(CCC#N)CCOC. The molecule has 1 amide bonds. The second-order valence-corrected chi connectivity index (χ2v) is 3.98. The van der Waals surface area contributed by atoms with Crippen LogP contribution in [0.3, 0.4) is 0 Å². The summed E-state index contributed by atoms with van der Waals surface area (Å²) in [6.07, 6.45) is 0.914. The quantitative estimate of drug-likeness (QED) is 0.641. The number of hydrogen-bond acceptors (Lipinski definition) is 4. The average Bonchev–Trinajstić information content (AvgIpc) is 2.37. The number of carbonyl (C=O) groups is 1. The van der Waals surface area contributed by atoms with Crippen molar-refractivity contribution in [1.29, 1.82) is 5.26 Å². The molecular formula is C12H22N2O3. The summed E-state index contributed by atoms with van der Waals surface area (Å²) < 4.78 is 10.2. The lowest BCUT2D eigenvalue weighted by molar-refractivity contribution is -0.154. The molecular weight excluding hydrogens is 220 g/mol. The van der Waals surface area contributed by atoms with Crippen LogP contribution in [-0.4, -0.2) is 50.3 Å². The topological polar surface area (TPSA) is 62.6 Å². The highest BCUT2D eigenvalue weighted by Gasteiger charge is 2.34. The lowest BCUT2D eigenvalue weighted by Crippen LogP contribution is -2.49. The van der Waals surface area contributed by atoms with Crippen molar-refractivity contribution >= 4 is 5.91 Å². The first-order chi connectivity index (χ1) is 8.05. The lowest BCUT2D eigenvalue weighted by atomic mass is 10.0. The molecule has 98 valence electrons. The van der Waals surface area contributed by atoms with Crippen LogP contribution in [-0.2, 0) is 14.3 Å². The van der Waals surface area contributed by atoms with Gasteiger partial charge in [0.1, 0.15) is 5.60 Å². The first kappa shape index (κ1) is 15.9. The van der Waals surface area contributed by atoms with Crippen molar-refractivity contribution in [3.8, 4) is 6.07 Å². The van der Waals surface area contributed by atoms with Crippen LogP contribution in [0.4, 0.5) is 0 Å². The third kappa shape index (κ3) is 4.72. The second kappa shape index (κ2) is 8.04. The predicted octanol–water partition coefficient (Wildman–Crippen LogP) is 1.19. The van der Waals surface area contributed by atoms with Crippen molar-refractivity contribution in [3.63, 3.8) is 0 Å². The Balaban J connectivity index is 4.66. The molecule has 5 nitrogen and oxygen atoms in total. The number of amides is 1. The van der Waals surface area contributed by atoms with E-state index < -0.39 is 5.60 Å². The van der Waals surface area contributed by atoms with Gasteiger partial charge in [0.15, 0.2) is 0 Å². The van der Waals surface area contributed by atoms with Gasteiger partial charge in [0, 0.05) is 27.3 Å². The van der Waals surface area contributed by atoms with Crippen LogP contribution >= 0.6 is 0 Å². The second-order valence-electron chi connectivity index (χ2n) is 3.98. The number of rotatable bonds is 8. The van der Waals surface area contributed by atoms with E-state index in [0.29, 0.717) is 32.5 Å². The molecule has 0 saturated carbocycles. The number of carbonyl (C=O) groups excluding carboxylic acids is 1. The van der Waals surface area contributed by atoms with Crippen molar-refractivity contribution in [2.75, 3.05) is 33.9 Å². The maximum atomic E-state index is 12.3. The molecule has 0 aliphatic rings. The standard InChI is InChI=1S/C12H22N2O3/c1-5-12(2,17-4)11(15)14(8-6-7-13)9-10-16-3/h5-6,8-10H2,1-4H3. The largest absolute Gasteiger partial charge is 0.383 e. The normalized spacial score (nSPS) is 13.8. The third-order valence-electron chi connectivity index (χ3n) is 2.92. The molecule has 5 heteroatoms. The highest BCUT2D eigenvalue weighted by molar-refractivity contribution is 5.84. The van der Waals surface area contributed by atoms with Crippen LogP contribution in [0.1, 0.15) is 26.7 Å². The molecule has 0 aromatic heterocycles. The minimum absolute atomic E-state index is 0.0881. The Bertz CT molecular complexity index is 269. The van der Waals surface area contributed by atoms with Crippen LogP contribution in [0.2, 0.25) is 0 Å². The number of hydrogen-bond donors (Lipinski definition) is 0. The van der Waals surface area contributed by atoms with Crippen molar-refractivity contribution in [1.82, 2.24) is 4.90 Å². The number of nitrogens with zero attached hydrogens (tertiary/aromatic N) is 2. The fourth-order valence-electron chi connectivity index (χ4n) is 1.42. The Morgan fingerprint density at radius 3 is 2.47 bits per heavy atom. The lowest BCUT2D eigenvalue weighted by Gasteiger charge is -2.32. The molecule has 0 rings (SSSR count). The van der Waals surface area contributed by atoms with Crippen LogP contribution < -0.4 is 0 Å². The molecule has 0 aliphatic carbocycles. The van der Waals surface area contributed by atoms with Gasteiger partial charge in [0.25, 0.3) is 5.91 Å². The van der Waals surface area contributed by atoms with Gasteiger partial charge in [-0.15, -0.1) is 0 Å². The minimum atomic E-state index is -0.816. The zero-order valence-electron chi connectivity index (χ0n) is 11.2. The summed E-state index contributed by atoms with van der Waals surface area (Å²) in [6, 6.07) is 2.04. The zero-order valence-corrected chi connectivity index (χ0v) is 11.2. The van der Waals surface area contributed by atoms with Crippen LogP contribution in [0.5, 0.6) is 0 Å². The van der Waals surface area contributed by atoms with E-state index in [1.54, 1.807) is 18.9 Å². The summed E-state index contributed by atoms with van der Waals surface area (Å²) in [4.78, 5) is 13.9. The van der Waals surface area contributed by atoms with Gasteiger partial charge in [-0.25, -0.2) is 0 Å². The van der Waals surface area contributed by atoms with Gasteiger partial charge in [-0.1, -0.05) is 6.92 Å². The van der Waals surface area contributed by atoms with Gasteiger partial charge in [0.2, 0.25) is 0 Å². The van der Waals surface area contributed by atoms with Crippen LogP contribution in [0, 0.1) is 11.3 Å². The van der Waals surface area contributed by atoms with Gasteiger partial charge in [-0.05, 0) is 13.3 Å². The zero-order chi connectivity index (χ0) is 13.3. The van der Waals surface area contributed by atoms with E-state index in [4.69, 9.17) is 14.7 Å². The van der Waals surface area contributed by atoms with E-state index in [0.717, 1.165) is 0 Å². The molecule has 1 unspecified atom stereocenters. The molecule has 0 aromatic carbocycles. The monoisotopic (exact) mass is 242 g/mol. The summed E-state index contributed by atoms with van der Waals surface area (Å²) in [5.74, 6) is -0.0881. The summed E-state index contributed by atoms with van der Waals surface area (Å²) in [5.41, 5.74) is -0.816. The molecule has 1 atom stereocenters. The van der Waals surface area contributed by atoms with E-state index >= 15 is 0 Å². The molecule has 0 spiro atoms. The van der Waals surface area contributed by atoms with Gasteiger partial charge in [-0.2, -0.15) is 5.26 Å². The van der Waals surface area contributed by atoms with Gasteiger partial charge in [0.05, 0.1) is 19.1 Å². The van der Waals surface area contributed by atoms with E-state index in [1.165, 1.54) is 7.11 Å². The Morgan fingerprint density at radius 1 is 1.41 bits per heavy atom. The summed E-state index contributed by atoms with van der Waals surface area (Å²) in [7, 11) is 3.11. The Labute approximate surface area is 103 Å². The molecule has 0 saturated heterocycles. The maximum absolute atomic E-state index is 12.3. The number of nitriles is 1. The molecule has 0 radical (unpaired) electrons. The van der Waals surface area contributed by atoms with E-state index in [-0.39, 0.29) is 5.91 Å². The Kier molecular flexibility index (Phi) is 7.51. The average molecular weight is 242 g/mol. The molecule has 17 heavy (non-hydrogen) atoms. The minimum Gasteiger partial charge on any atom is -0.383 e. The highest BCUT2D eigenvalue weighted by atomic mass is 16.5. The predicted molar refractivity (Wildman–Crippen MR) is 64.4 cm³/mol. The molecule has 0 fully saturated rings. The van der Waals surface area contributed by atoms with Crippen molar-refractivity contribution in [2.45, 2.75) is 32.3 Å². The summed E-state index contributed by atoms with van der Waals surface area (Å²) >= 11 is 0. The van der Waals surface area contributed by atoms with E-state index in [9.17, 15) is 4.79 Å². The van der Waals surface area contributed by atoms with E-state index in [2.05, 4.69) is 0 Å². The van der Waals surface area contributed by atoms with Crippen LogP contribution in [0.25, 0.3) is 0 Å². The molecule has 0 bridgehead atoms. The first-order valence-corrected chi connectivity index (χ1v) is 5.76. The fraction of sp³-hybridized carbons (Fsp3) is 0.833. The number of ether oxygens (including phenoxy) is 2. The number of methoxy groups -OCH3 is 2. The molecule has 0 N–H and O–H groups in total. The van der Waals surface area contributed by atoms with Gasteiger partial charge < -0.3 is 14.4 Å². The van der Waals surface area contributed by atoms with Crippen molar-refractivity contribution in [3.05, 3.63) is 0 Å². The third-order valence-corrected chi connectivity index (χ3v) is 2.92. The molecule has 0 aromatic rings. The van der Waals surface area contributed by atoms with Gasteiger partial charge >= 0.3 is 0 Å². The highest BCUT2D eigenvalue weighted by Crippen LogP contribution is 2.17. The molecule has 0 aliphatic heterocycles. The van der Waals surface area contributed by atoms with Crippen molar-refractivity contribution < 1.29 is 14.3 Å². The van der Waals surface area contributed by atoms with Gasteiger partial charge in [-0.3, -0.25) is 4.79 Å². The smallest absolute Gasteiger partial charge is 0.254 e. The van der Waals surface area contributed by atoms with E-state index in [1.807, 2.05) is 13.0 Å².